The van der Waals surface area contributed by atoms with Crippen LogP contribution in [0.4, 0.5) is 0 Å². The largest absolute Gasteiger partial charge is 0.368 e. The van der Waals surface area contributed by atoms with Crippen LogP contribution in [0.15, 0.2) is 24.3 Å². The number of carbonyl (C=O) groups is 2. The first kappa shape index (κ1) is 18.5. The highest BCUT2D eigenvalue weighted by molar-refractivity contribution is 7.99. The number of halogens is 1. The Morgan fingerprint density at radius 1 is 1.12 bits per heavy atom. The Labute approximate surface area is 157 Å². The molecule has 5 nitrogen and oxygen atoms in total. The van der Waals surface area contributed by atoms with Crippen molar-refractivity contribution in [3.05, 3.63) is 34.9 Å². The Kier molecular flexibility index (Phi) is 6.62. The summed E-state index contributed by atoms with van der Waals surface area (Å²) < 4.78 is 5.46. The number of nitrogens with zero attached hydrogens (tertiary/aromatic N) is 2. The normalized spacial score (nSPS) is 20.8. The van der Waals surface area contributed by atoms with E-state index in [0.717, 1.165) is 29.2 Å². The van der Waals surface area contributed by atoms with Crippen LogP contribution in [0, 0.1) is 0 Å². The fraction of sp³-hybridized carbons (Fsp3) is 0.556. The zero-order valence-corrected chi connectivity index (χ0v) is 15.7. The van der Waals surface area contributed by atoms with E-state index in [1.54, 1.807) is 11.8 Å². The molecule has 0 saturated carbocycles. The number of ether oxygens (including phenoxy) is 1. The Morgan fingerprint density at radius 2 is 1.80 bits per heavy atom. The smallest absolute Gasteiger partial charge is 0.251 e. The topological polar surface area (TPSA) is 49.9 Å². The van der Waals surface area contributed by atoms with Gasteiger partial charge in [-0.1, -0.05) is 23.7 Å². The second-order valence-corrected chi connectivity index (χ2v) is 7.75. The molecule has 1 aromatic rings. The molecule has 136 valence electrons. The van der Waals surface area contributed by atoms with Crippen LogP contribution in [0.5, 0.6) is 0 Å². The van der Waals surface area contributed by atoms with Crippen molar-refractivity contribution in [1.82, 2.24) is 9.80 Å². The van der Waals surface area contributed by atoms with Crippen LogP contribution >= 0.6 is 23.4 Å². The first-order valence-electron chi connectivity index (χ1n) is 8.64. The van der Waals surface area contributed by atoms with Gasteiger partial charge < -0.3 is 14.5 Å². The molecule has 3 rings (SSSR count). The number of carbonyl (C=O) groups excluding carboxylic acids is 2. The van der Waals surface area contributed by atoms with Gasteiger partial charge in [0.05, 0.1) is 5.75 Å². The molecule has 2 heterocycles. The second-order valence-electron chi connectivity index (χ2n) is 6.33. The van der Waals surface area contributed by atoms with Crippen LogP contribution in [0.2, 0.25) is 5.02 Å². The molecular formula is C18H23ClN2O3S. The molecule has 0 N–H and O–H groups in total. The van der Waals surface area contributed by atoms with Crippen LogP contribution in [0.25, 0.3) is 0 Å². The van der Waals surface area contributed by atoms with Gasteiger partial charge in [-0.25, -0.2) is 0 Å². The maximum atomic E-state index is 12.3. The standard InChI is InChI=1S/C18H23ClN2O3S/c19-15-5-3-14(4-6-15)12-25-13-17(22)20-7-9-21(10-8-20)18(23)16-2-1-11-24-16/h3-6,16H,1-2,7-13H2/t16-/m1/s1. The molecule has 2 fully saturated rings. The van der Waals surface area contributed by atoms with Crippen molar-refractivity contribution in [2.75, 3.05) is 38.5 Å². The Bertz CT molecular complexity index is 597. The molecule has 0 unspecified atom stereocenters. The monoisotopic (exact) mass is 382 g/mol. The highest BCUT2D eigenvalue weighted by Crippen LogP contribution is 2.18. The Morgan fingerprint density at radius 3 is 2.44 bits per heavy atom. The summed E-state index contributed by atoms with van der Waals surface area (Å²) in [6.45, 7) is 3.11. The molecule has 2 saturated heterocycles. The number of rotatable bonds is 5. The van der Waals surface area contributed by atoms with Gasteiger partial charge in [-0.3, -0.25) is 9.59 Å². The Hall–Kier alpha value is -1.24. The van der Waals surface area contributed by atoms with Gasteiger partial charge in [-0.05, 0) is 30.5 Å². The lowest BCUT2D eigenvalue weighted by atomic mass is 10.2. The maximum Gasteiger partial charge on any atom is 0.251 e. The number of amides is 2. The van der Waals surface area contributed by atoms with Gasteiger partial charge in [0.1, 0.15) is 6.10 Å². The highest BCUT2D eigenvalue weighted by atomic mass is 35.5. The lowest BCUT2D eigenvalue weighted by Crippen LogP contribution is -2.53. The van der Waals surface area contributed by atoms with Crippen LogP contribution in [0.1, 0.15) is 18.4 Å². The maximum absolute atomic E-state index is 12.3. The summed E-state index contributed by atoms with van der Waals surface area (Å²) in [6, 6.07) is 7.69. The average Bonchev–Trinajstić information content (AvgIpc) is 3.17. The van der Waals surface area contributed by atoms with Crippen molar-refractivity contribution in [2.45, 2.75) is 24.7 Å². The first-order chi connectivity index (χ1) is 12.1. The third-order valence-electron chi connectivity index (χ3n) is 4.56. The number of benzene rings is 1. The van der Waals surface area contributed by atoms with Gasteiger partial charge >= 0.3 is 0 Å². The van der Waals surface area contributed by atoms with Crippen molar-refractivity contribution < 1.29 is 14.3 Å². The lowest BCUT2D eigenvalue weighted by Gasteiger charge is -2.35. The van der Waals surface area contributed by atoms with E-state index >= 15 is 0 Å². The Balaban J connectivity index is 1.37. The molecule has 0 radical (unpaired) electrons. The van der Waals surface area contributed by atoms with E-state index in [1.165, 1.54) is 0 Å². The molecule has 0 spiro atoms. The predicted octanol–water partition coefficient (Wildman–Crippen LogP) is 2.42. The summed E-state index contributed by atoms with van der Waals surface area (Å²) in [5.74, 6) is 1.48. The minimum atomic E-state index is -0.266. The summed E-state index contributed by atoms with van der Waals surface area (Å²) in [5.41, 5.74) is 1.16. The SMILES string of the molecule is O=C(CSCc1ccc(Cl)cc1)N1CCN(C(=O)[C@H]2CCCO2)CC1. The minimum absolute atomic E-state index is 0.0849. The molecule has 0 aromatic heterocycles. The molecule has 0 aliphatic carbocycles. The highest BCUT2D eigenvalue weighted by Gasteiger charge is 2.31. The molecule has 1 atom stereocenters. The van der Waals surface area contributed by atoms with Crippen molar-refractivity contribution in [3.63, 3.8) is 0 Å². The molecule has 7 heteroatoms. The molecule has 25 heavy (non-hydrogen) atoms. The molecule has 2 amide bonds. The van der Waals surface area contributed by atoms with Crippen molar-refractivity contribution >= 4 is 35.2 Å². The van der Waals surface area contributed by atoms with Crippen molar-refractivity contribution in [3.8, 4) is 0 Å². The van der Waals surface area contributed by atoms with Crippen LogP contribution < -0.4 is 0 Å². The van der Waals surface area contributed by atoms with E-state index in [0.29, 0.717) is 38.5 Å². The summed E-state index contributed by atoms with van der Waals surface area (Å²) in [5, 5.41) is 0.722. The van der Waals surface area contributed by atoms with E-state index in [-0.39, 0.29) is 17.9 Å². The van der Waals surface area contributed by atoms with E-state index in [9.17, 15) is 9.59 Å². The van der Waals surface area contributed by atoms with E-state index in [2.05, 4.69) is 0 Å². The summed E-state index contributed by atoms with van der Waals surface area (Å²) in [6.07, 6.45) is 1.51. The summed E-state index contributed by atoms with van der Waals surface area (Å²) >= 11 is 7.48. The van der Waals surface area contributed by atoms with Crippen LogP contribution in [-0.4, -0.2) is 66.3 Å². The van der Waals surface area contributed by atoms with Gasteiger partial charge in [-0.15, -0.1) is 11.8 Å². The number of hydrogen-bond acceptors (Lipinski definition) is 4. The third kappa shape index (κ3) is 5.12. The van der Waals surface area contributed by atoms with E-state index < -0.39 is 0 Å². The molecule has 1 aromatic carbocycles. The lowest BCUT2D eigenvalue weighted by molar-refractivity contribution is -0.145. The third-order valence-corrected chi connectivity index (χ3v) is 5.80. The van der Waals surface area contributed by atoms with E-state index in [1.807, 2.05) is 34.1 Å². The average molecular weight is 383 g/mol. The molecule has 2 aliphatic heterocycles. The van der Waals surface area contributed by atoms with Gasteiger partial charge in [0.25, 0.3) is 5.91 Å². The first-order valence-corrected chi connectivity index (χ1v) is 10.2. The fourth-order valence-electron chi connectivity index (χ4n) is 3.08. The zero-order valence-electron chi connectivity index (χ0n) is 14.2. The van der Waals surface area contributed by atoms with Gasteiger partial charge in [0.15, 0.2) is 0 Å². The van der Waals surface area contributed by atoms with Crippen LogP contribution in [0.3, 0.4) is 0 Å². The molecule has 2 aliphatic rings. The van der Waals surface area contributed by atoms with Gasteiger partial charge in [-0.2, -0.15) is 0 Å². The number of piperazine rings is 1. The quantitative estimate of drug-likeness (QED) is 0.784. The minimum Gasteiger partial charge on any atom is -0.368 e. The van der Waals surface area contributed by atoms with Crippen molar-refractivity contribution in [2.24, 2.45) is 0 Å². The molecule has 0 bridgehead atoms. The van der Waals surface area contributed by atoms with Gasteiger partial charge in [0, 0.05) is 43.6 Å². The summed E-state index contributed by atoms with van der Waals surface area (Å²) in [7, 11) is 0. The van der Waals surface area contributed by atoms with E-state index in [4.69, 9.17) is 16.3 Å². The van der Waals surface area contributed by atoms with Gasteiger partial charge in [0.2, 0.25) is 5.91 Å². The fourth-order valence-corrected chi connectivity index (χ4v) is 4.09. The van der Waals surface area contributed by atoms with Crippen molar-refractivity contribution in [1.29, 1.82) is 0 Å². The van der Waals surface area contributed by atoms with Crippen LogP contribution in [-0.2, 0) is 20.1 Å². The molecular weight excluding hydrogens is 360 g/mol. The number of thioether (sulfide) groups is 1. The zero-order chi connectivity index (χ0) is 17.6. The number of hydrogen-bond donors (Lipinski definition) is 0. The summed E-state index contributed by atoms with van der Waals surface area (Å²) in [4.78, 5) is 28.3. The second kappa shape index (κ2) is 8.92. The predicted molar refractivity (Wildman–Crippen MR) is 99.7 cm³/mol.